The maximum Gasteiger partial charge on any atom is 0.410 e. The van der Waals surface area contributed by atoms with Gasteiger partial charge >= 0.3 is 6.09 Å². The van der Waals surface area contributed by atoms with Crippen LogP contribution in [0, 0.1) is 5.92 Å². The molecule has 3 aliphatic heterocycles. The van der Waals surface area contributed by atoms with E-state index in [2.05, 4.69) is 5.48 Å². The maximum absolute atomic E-state index is 12.4. The van der Waals surface area contributed by atoms with Crippen LogP contribution in [0.2, 0.25) is 0 Å². The second kappa shape index (κ2) is 7.66. The average Bonchev–Trinajstić information content (AvgIpc) is 3.09. The summed E-state index contributed by atoms with van der Waals surface area (Å²) in [7, 11) is 0. The molecule has 3 heterocycles. The molecular formula is C21H30N2O6. The molecule has 0 aliphatic carbocycles. The van der Waals surface area contributed by atoms with Gasteiger partial charge in [0.2, 0.25) is 0 Å². The molecule has 0 aromatic heterocycles. The standard InChI is InChI=1S/C21H30N2O6/c1-20(2,3)28-19(25)23-8-6-14(7-9-23)21(13-18(24)22-29-21)15-4-5-16-17(12-15)27-11-10-26-16/h4-5,12,14,18,22,24H,6-11,13H2,1-3H3. The van der Waals surface area contributed by atoms with Crippen LogP contribution in [-0.2, 0) is 15.2 Å². The first-order valence-corrected chi connectivity index (χ1v) is 10.3. The Morgan fingerprint density at radius 3 is 2.52 bits per heavy atom. The Balaban J connectivity index is 1.52. The van der Waals surface area contributed by atoms with Crippen molar-refractivity contribution in [3.8, 4) is 11.5 Å². The Morgan fingerprint density at radius 1 is 1.21 bits per heavy atom. The fourth-order valence-electron chi connectivity index (χ4n) is 4.37. The molecule has 3 aliphatic rings. The maximum atomic E-state index is 12.4. The van der Waals surface area contributed by atoms with Gasteiger partial charge in [-0.2, -0.15) is 5.48 Å². The molecule has 0 spiro atoms. The topological polar surface area (TPSA) is 89.5 Å². The Bertz CT molecular complexity index is 756. The van der Waals surface area contributed by atoms with Gasteiger partial charge in [-0.3, -0.25) is 4.84 Å². The van der Waals surface area contributed by atoms with Crippen molar-refractivity contribution in [2.45, 2.75) is 57.5 Å². The molecule has 2 fully saturated rings. The number of fused-ring (bicyclic) bond motifs is 1. The van der Waals surface area contributed by atoms with Crippen molar-refractivity contribution < 1.29 is 28.9 Å². The zero-order valence-corrected chi connectivity index (χ0v) is 17.3. The SMILES string of the molecule is CC(C)(C)OC(=O)N1CCC(C2(c3ccc4c(c3)OCCO4)CC(O)NO2)CC1. The van der Waals surface area contributed by atoms with Gasteiger partial charge < -0.3 is 24.2 Å². The molecule has 0 radical (unpaired) electrons. The van der Waals surface area contributed by atoms with Gasteiger partial charge in [0.25, 0.3) is 0 Å². The Labute approximate surface area is 171 Å². The van der Waals surface area contributed by atoms with Gasteiger partial charge in [0.15, 0.2) is 11.5 Å². The molecule has 1 amide bonds. The Kier molecular flexibility index (Phi) is 5.35. The zero-order valence-electron chi connectivity index (χ0n) is 17.3. The van der Waals surface area contributed by atoms with Gasteiger partial charge in [-0.15, -0.1) is 0 Å². The largest absolute Gasteiger partial charge is 0.486 e. The van der Waals surface area contributed by atoms with E-state index in [-0.39, 0.29) is 12.0 Å². The number of carbonyl (C=O) groups excluding carboxylic acids is 1. The predicted molar refractivity (Wildman–Crippen MR) is 104 cm³/mol. The van der Waals surface area contributed by atoms with Crippen molar-refractivity contribution in [2.24, 2.45) is 5.92 Å². The number of carbonyl (C=O) groups is 1. The fraction of sp³-hybridized carbons (Fsp3) is 0.667. The highest BCUT2D eigenvalue weighted by atomic mass is 16.7. The molecule has 8 nitrogen and oxygen atoms in total. The fourth-order valence-corrected chi connectivity index (χ4v) is 4.37. The smallest absolute Gasteiger partial charge is 0.410 e. The molecule has 0 saturated carbocycles. The molecule has 29 heavy (non-hydrogen) atoms. The number of hydrogen-bond acceptors (Lipinski definition) is 7. The van der Waals surface area contributed by atoms with Crippen molar-refractivity contribution in [1.82, 2.24) is 10.4 Å². The number of rotatable bonds is 2. The first-order valence-electron chi connectivity index (χ1n) is 10.3. The van der Waals surface area contributed by atoms with Gasteiger partial charge in [0, 0.05) is 19.5 Å². The van der Waals surface area contributed by atoms with Crippen molar-refractivity contribution in [3.05, 3.63) is 23.8 Å². The van der Waals surface area contributed by atoms with E-state index in [0.717, 1.165) is 24.2 Å². The first kappa shape index (κ1) is 20.3. The van der Waals surface area contributed by atoms with Crippen LogP contribution < -0.4 is 15.0 Å². The predicted octanol–water partition coefficient (Wildman–Crippen LogP) is 2.54. The van der Waals surface area contributed by atoms with Crippen LogP contribution in [0.5, 0.6) is 11.5 Å². The van der Waals surface area contributed by atoms with Gasteiger partial charge in [0.1, 0.15) is 30.6 Å². The summed E-state index contributed by atoms with van der Waals surface area (Å²) >= 11 is 0. The van der Waals surface area contributed by atoms with Crippen molar-refractivity contribution in [1.29, 1.82) is 0 Å². The van der Waals surface area contributed by atoms with Crippen LogP contribution in [0.4, 0.5) is 4.79 Å². The Hall–Kier alpha value is -2.03. The summed E-state index contributed by atoms with van der Waals surface area (Å²) in [6, 6.07) is 5.83. The summed E-state index contributed by atoms with van der Waals surface area (Å²) in [5, 5.41) is 10.2. The Morgan fingerprint density at radius 2 is 1.90 bits per heavy atom. The van der Waals surface area contributed by atoms with Gasteiger partial charge in [0.05, 0.1) is 0 Å². The molecule has 160 valence electrons. The number of nitrogens with zero attached hydrogens (tertiary/aromatic N) is 1. The van der Waals surface area contributed by atoms with Crippen LogP contribution in [0.1, 0.15) is 45.6 Å². The minimum atomic E-state index is -0.743. The first-order chi connectivity index (χ1) is 13.8. The molecule has 1 aromatic carbocycles. The van der Waals surface area contributed by atoms with E-state index in [1.807, 2.05) is 39.0 Å². The number of piperidine rings is 1. The number of aliphatic hydroxyl groups is 1. The highest BCUT2D eigenvalue weighted by Gasteiger charge is 2.49. The van der Waals surface area contributed by atoms with Crippen molar-refractivity contribution in [2.75, 3.05) is 26.3 Å². The van der Waals surface area contributed by atoms with Gasteiger partial charge in [-0.05, 0) is 57.2 Å². The van der Waals surface area contributed by atoms with E-state index >= 15 is 0 Å². The van der Waals surface area contributed by atoms with Crippen LogP contribution >= 0.6 is 0 Å². The number of likely N-dealkylation sites (tertiary alicyclic amines) is 1. The third kappa shape index (κ3) is 4.15. The molecule has 8 heteroatoms. The van der Waals surface area contributed by atoms with Crippen LogP contribution in [0.25, 0.3) is 0 Å². The summed E-state index contributed by atoms with van der Waals surface area (Å²) in [5.74, 6) is 1.55. The normalized spacial score (nSPS) is 27.7. The van der Waals surface area contributed by atoms with Gasteiger partial charge in [-0.25, -0.2) is 4.79 Å². The average molecular weight is 406 g/mol. The third-order valence-corrected chi connectivity index (χ3v) is 5.71. The highest BCUT2D eigenvalue weighted by molar-refractivity contribution is 5.68. The number of hydroxylamine groups is 1. The lowest BCUT2D eigenvalue weighted by molar-refractivity contribution is -0.117. The van der Waals surface area contributed by atoms with E-state index in [1.54, 1.807) is 4.90 Å². The van der Waals surface area contributed by atoms with Crippen LogP contribution in [0.3, 0.4) is 0 Å². The zero-order chi connectivity index (χ0) is 20.6. The molecule has 0 bridgehead atoms. The highest BCUT2D eigenvalue weighted by Crippen LogP contribution is 2.47. The van der Waals surface area contributed by atoms with Crippen LogP contribution in [0.15, 0.2) is 18.2 Å². The second-order valence-corrected chi connectivity index (χ2v) is 8.93. The van der Waals surface area contributed by atoms with E-state index in [0.29, 0.717) is 38.5 Å². The number of aliphatic hydroxyl groups excluding tert-OH is 1. The number of nitrogens with one attached hydrogen (secondary N) is 1. The van der Waals surface area contributed by atoms with Crippen molar-refractivity contribution in [3.63, 3.8) is 0 Å². The molecule has 4 rings (SSSR count). The van der Waals surface area contributed by atoms with Crippen LogP contribution in [-0.4, -0.2) is 54.2 Å². The van der Waals surface area contributed by atoms with E-state index in [9.17, 15) is 9.90 Å². The number of hydrogen-bond donors (Lipinski definition) is 2. The monoisotopic (exact) mass is 406 g/mol. The lowest BCUT2D eigenvalue weighted by atomic mass is 9.74. The van der Waals surface area contributed by atoms with E-state index < -0.39 is 17.4 Å². The second-order valence-electron chi connectivity index (χ2n) is 8.93. The molecule has 2 N–H and O–H groups in total. The van der Waals surface area contributed by atoms with Gasteiger partial charge in [-0.1, -0.05) is 6.07 Å². The molecule has 2 saturated heterocycles. The lowest BCUT2D eigenvalue weighted by Crippen LogP contribution is -2.47. The third-order valence-electron chi connectivity index (χ3n) is 5.71. The summed E-state index contributed by atoms with van der Waals surface area (Å²) in [4.78, 5) is 20.2. The molecule has 2 atom stereocenters. The molecular weight excluding hydrogens is 376 g/mol. The molecule has 1 aromatic rings. The summed E-state index contributed by atoms with van der Waals surface area (Å²) in [6.45, 7) is 7.84. The number of amides is 1. The quantitative estimate of drug-likeness (QED) is 0.780. The minimum absolute atomic E-state index is 0.133. The summed E-state index contributed by atoms with van der Waals surface area (Å²) < 4.78 is 16.9. The van der Waals surface area contributed by atoms with Crippen molar-refractivity contribution >= 4 is 6.09 Å². The number of benzene rings is 1. The summed E-state index contributed by atoms with van der Waals surface area (Å²) in [6.07, 6.45) is 0.912. The number of ether oxygens (including phenoxy) is 3. The van der Waals surface area contributed by atoms with E-state index in [4.69, 9.17) is 19.0 Å². The minimum Gasteiger partial charge on any atom is -0.486 e. The summed E-state index contributed by atoms with van der Waals surface area (Å²) in [5.41, 5.74) is 2.48. The molecule has 2 unspecified atom stereocenters. The van der Waals surface area contributed by atoms with E-state index in [1.165, 1.54) is 0 Å². The lowest BCUT2D eigenvalue weighted by Gasteiger charge is -2.41.